The molecule has 1 amide bonds. The second-order valence-electron chi connectivity index (χ2n) is 6.58. The van der Waals surface area contributed by atoms with Crippen LogP contribution in [0, 0.1) is 17.8 Å². The summed E-state index contributed by atoms with van der Waals surface area (Å²) in [7, 11) is 0. The Labute approximate surface area is 117 Å². The second kappa shape index (κ2) is 6.25. The van der Waals surface area contributed by atoms with Gasteiger partial charge in [0.1, 0.15) is 0 Å². The molecule has 0 aliphatic heterocycles. The van der Waals surface area contributed by atoms with Gasteiger partial charge in [0.25, 0.3) is 0 Å². The van der Waals surface area contributed by atoms with Crippen molar-refractivity contribution in [2.45, 2.75) is 70.8 Å². The van der Waals surface area contributed by atoms with E-state index in [0.29, 0.717) is 12.5 Å². The molecule has 0 aromatic rings. The van der Waals surface area contributed by atoms with E-state index in [1.807, 2.05) is 0 Å². The van der Waals surface area contributed by atoms with Gasteiger partial charge in [0, 0.05) is 12.5 Å². The second-order valence-corrected chi connectivity index (χ2v) is 6.58. The van der Waals surface area contributed by atoms with Crippen LogP contribution < -0.4 is 11.1 Å². The lowest BCUT2D eigenvalue weighted by Gasteiger charge is -2.32. The average molecular weight is 266 g/mol. The van der Waals surface area contributed by atoms with Crippen LogP contribution in [0.3, 0.4) is 0 Å². The molecule has 2 atom stereocenters. The van der Waals surface area contributed by atoms with E-state index in [2.05, 4.69) is 19.2 Å². The Morgan fingerprint density at radius 1 is 1.21 bits per heavy atom. The van der Waals surface area contributed by atoms with Crippen molar-refractivity contribution in [1.82, 2.24) is 5.32 Å². The van der Waals surface area contributed by atoms with E-state index in [0.717, 1.165) is 25.2 Å². The quantitative estimate of drug-likeness (QED) is 0.776. The fourth-order valence-corrected chi connectivity index (χ4v) is 3.72. The van der Waals surface area contributed by atoms with E-state index in [4.69, 9.17) is 5.73 Å². The first kappa shape index (κ1) is 14.8. The molecule has 2 fully saturated rings. The first-order chi connectivity index (χ1) is 9.15. The molecule has 0 aromatic carbocycles. The summed E-state index contributed by atoms with van der Waals surface area (Å²) in [5.41, 5.74) is 5.69. The smallest absolute Gasteiger partial charge is 0.223 e. The summed E-state index contributed by atoms with van der Waals surface area (Å²) in [6.45, 7) is 4.77. The van der Waals surface area contributed by atoms with Crippen LogP contribution >= 0.6 is 0 Å². The van der Waals surface area contributed by atoms with Crippen LogP contribution in [0.2, 0.25) is 0 Å². The minimum atomic E-state index is -0.170. The number of nitrogens with one attached hydrogen (secondary N) is 1. The van der Waals surface area contributed by atoms with Crippen molar-refractivity contribution in [3.05, 3.63) is 0 Å². The first-order valence-electron chi connectivity index (χ1n) is 8.18. The molecule has 0 saturated heterocycles. The molecule has 2 aliphatic rings. The summed E-state index contributed by atoms with van der Waals surface area (Å²) in [5.74, 6) is 2.04. The van der Waals surface area contributed by atoms with E-state index in [1.54, 1.807) is 0 Å². The van der Waals surface area contributed by atoms with Gasteiger partial charge in [-0.3, -0.25) is 4.79 Å². The molecule has 0 heterocycles. The number of carbonyl (C=O) groups excluding carboxylic acids is 1. The normalized spacial score (nSPS) is 28.2. The number of nitrogens with two attached hydrogens (primary N) is 1. The Bertz CT molecular complexity index is 298. The molecule has 2 unspecified atom stereocenters. The lowest BCUT2D eigenvalue weighted by atomic mass is 9.85. The highest BCUT2D eigenvalue weighted by Crippen LogP contribution is 2.49. The summed E-state index contributed by atoms with van der Waals surface area (Å²) in [6, 6.07) is 0. The molecule has 0 bridgehead atoms. The Balaban J connectivity index is 1.85. The van der Waals surface area contributed by atoms with Crippen molar-refractivity contribution in [2.75, 3.05) is 6.54 Å². The van der Waals surface area contributed by atoms with Crippen molar-refractivity contribution >= 4 is 5.91 Å². The monoisotopic (exact) mass is 266 g/mol. The number of rotatable bonds is 6. The molecule has 2 saturated carbocycles. The van der Waals surface area contributed by atoms with Crippen LogP contribution in [0.25, 0.3) is 0 Å². The maximum Gasteiger partial charge on any atom is 0.223 e. The van der Waals surface area contributed by atoms with Crippen LogP contribution in [0.1, 0.15) is 65.2 Å². The number of hydrogen-bond acceptors (Lipinski definition) is 2. The van der Waals surface area contributed by atoms with Gasteiger partial charge in [0.2, 0.25) is 5.91 Å². The zero-order valence-electron chi connectivity index (χ0n) is 12.6. The van der Waals surface area contributed by atoms with Gasteiger partial charge in [-0.15, -0.1) is 0 Å². The van der Waals surface area contributed by atoms with E-state index < -0.39 is 0 Å². The van der Waals surface area contributed by atoms with Gasteiger partial charge in [-0.1, -0.05) is 46.0 Å². The van der Waals surface area contributed by atoms with Crippen molar-refractivity contribution in [2.24, 2.45) is 23.5 Å². The van der Waals surface area contributed by atoms with Crippen LogP contribution in [-0.2, 0) is 4.79 Å². The van der Waals surface area contributed by atoms with Crippen LogP contribution in [0.4, 0.5) is 0 Å². The summed E-state index contributed by atoms with van der Waals surface area (Å²) >= 11 is 0. The van der Waals surface area contributed by atoms with E-state index in [1.165, 1.54) is 32.1 Å². The Hall–Kier alpha value is -0.570. The van der Waals surface area contributed by atoms with Crippen molar-refractivity contribution in [3.63, 3.8) is 0 Å². The lowest BCUT2D eigenvalue weighted by Crippen LogP contribution is -2.53. The number of hydrogen-bond donors (Lipinski definition) is 2. The predicted molar refractivity (Wildman–Crippen MR) is 78.7 cm³/mol. The lowest BCUT2D eigenvalue weighted by molar-refractivity contribution is -0.124. The topological polar surface area (TPSA) is 55.1 Å². The molecule has 3 nitrogen and oxygen atoms in total. The molecule has 0 spiro atoms. The van der Waals surface area contributed by atoms with Crippen LogP contribution in [-0.4, -0.2) is 18.0 Å². The maximum absolute atomic E-state index is 12.4. The highest BCUT2D eigenvalue weighted by molar-refractivity contribution is 5.82. The molecular formula is C16H30N2O. The highest BCUT2D eigenvalue weighted by atomic mass is 16.2. The first-order valence-corrected chi connectivity index (χ1v) is 8.18. The molecule has 0 radical (unpaired) electrons. The Morgan fingerprint density at radius 2 is 1.84 bits per heavy atom. The summed E-state index contributed by atoms with van der Waals surface area (Å²) in [6.07, 6.45) is 9.78. The molecule has 2 rings (SSSR count). The molecule has 2 aliphatic carbocycles. The van der Waals surface area contributed by atoms with Crippen molar-refractivity contribution < 1.29 is 4.79 Å². The van der Waals surface area contributed by atoms with Gasteiger partial charge < -0.3 is 11.1 Å². The van der Waals surface area contributed by atoms with Gasteiger partial charge in [0.15, 0.2) is 0 Å². The van der Waals surface area contributed by atoms with Gasteiger partial charge in [0.05, 0.1) is 5.54 Å². The van der Waals surface area contributed by atoms with E-state index >= 15 is 0 Å². The number of carbonyl (C=O) groups is 1. The minimum absolute atomic E-state index is 0.170. The molecule has 19 heavy (non-hydrogen) atoms. The molecule has 3 N–H and O–H groups in total. The third-order valence-electron chi connectivity index (χ3n) is 5.56. The molecule has 0 aromatic heterocycles. The van der Waals surface area contributed by atoms with Gasteiger partial charge >= 0.3 is 0 Å². The standard InChI is InChI=1S/C16H30N2O/c1-3-16(4-2,11-17)18-15(19)14-10-13(14)12-8-6-5-7-9-12/h12-14H,3-11,17H2,1-2H3,(H,18,19). The predicted octanol–water partition coefficient (Wildman–Crippen LogP) is 2.84. The third kappa shape index (κ3) is 3.31. The van der Waals surface area contributed by atoms with Gasteiger partial charge in [-0.05, 0) is 31.1 Å². The zero-order chi connectivity index (χ0) is 13.9. The maximum atomic E-state index is 12.4. The SMILES string of the molecule is CCC(CC)(CN)NC(=O)C1CC1C1CCCCC1. The summed E-state index contributed by atoms with van der Waals surface area (Å²) in [5, 5.41) is 3.25. The fraction of sp³-hybridized carbons (Fsp3) is 0.938. The molecular weight excluding hydrogens is 236 g/mol. The molecule has 3 heteroatoms. The Morgan fingerprint density at radius 3 is 2.37 bits per heavy atom. The summed E-state index contributed by atoms with van der Waals surface area (Å²) in [4.78, 5) is 12.4. The third-order valence-corrected chi connectivity index (χ3v) is 5.56. The van der Waals surface area contributed by atoms with Crippen molar-refractivity contribution in [1.29, 1.82) is 0 Å². The number of amides is 1. The van der Waals surface area contributed by atoms with Gasteiger partial charge in [-0.25, -0.2) is 0 Å². The van der Waals surface area contributed by atoms with Gasteiger partial charge in [-0.2, -0.15) is 0 Å². The average Bonchev–Trinajstić information content (AvgIpc) is 3.26. The van der Waals surface area contributed by atoms with Crippen LogP contribution in [0.15, 0.2) is 0 Å². The largest absolute Gasteiger partial charge is 0.349 e. The van der Waals surface area contributed by atoms with E-state index in [9.17, 15) is 4.79 Å². The fourth-order valence-electron chi connectivity index (χ4n) is 3.72. The van der Waals surface area contributed by atoms with Crippen LogP contribution in [0.5, 0.6) is 0 Å². The highest BCUT2D eigenvalue weighted by Gasteiger charge is 2.48. The zero-order valence-corrected chi connectivity index (χ0v) is 12.6. The van der Waals surface area contributed by atoms with Crippen molar-refractivity contribution in [3.8, 4) is 0 Å². The van der Waals surface area contributed by atoms with E-state index in [-0.39, 0.29) is 17.4 Å². The minimum Gasteiger partial charge on any atom is -0.349 e. The summed E-state index contributed by atoms with van der Waals surface area (Å²) < 4.78 is 0. The molecule has 110 valence electrons. The Kier molecular flexibility index (Phi) is 4.88.